The molecule has 2 saturated carbocycles. The molecule has 8 heteroatoms. The fourth-order valence-corrected chi connectivity index (χ4v) is 4.26. The molecule has 3 N–H and O–H groups in total. The first kappa shape index (κ1) is 22.2. The predicted molar refractivity (Wildman–Crippen MR) is 126 cm³/mol. The standard InChI is InChI=1S/C23H33ClN6O/c1-23(7-8-23)15-27-22-11-16(13-28-30-22)19-12-21(26-14-20(19)24)29-18-5-3-17(4-6-18)25-9-10-31-2/h11-14,17-18,25H,3-10,15H2,1-2H3,(H,26,29)(H,27,30). The van der Waals surface area contributed by atoms with Gasteiger partial charge in [0.2, 0.25) is 0 Å². The summed E-state index contributed by atoms with van der Waals surface area (Å²) in [6.07, 6.45) is 10.6. The zero-order valence-corrected chi connectivity index (χ0v) is 19.2. The monoisotopic (exact) mass is 444 g/mol. The Balaban J connectivity index is 1.36. The highest BCUT2D eigenvalue weighted by molar-refractivity contribution is 6.33. The van der Waals surface area contributed by atoms with Crippen molar-refractivity contribution in [2.75, 3.05) is 37.4 Å². The molecule has 7 nitrogen and oxygen atoms in total. The molecule has 2 aromatic heterocycles. The van der Waals surface area contributed by atoms with Crippen LogP contribution < -0.4 is 16.0 Å². The molecular weight excluding hydrogens is 412 g/mol. The summed E-state index contributed by atoms with van der Waals surface area (Å²) in [6, 6.07) is 5.04. The van der Waals surface area contributed by atoms with Crippen molar-refractivity contribution < 1.29 is 4.74 Å². The van der Waals surface area contributed by atoms with Crippen molar-refractivity contribution in [2.24, 2.45) is 5.41 Å². The van der Waals surface area contributed by atoms with Crippen LogP contribution in [-0.2, 0) is 4.74 Å². The number of pyridine rings is 1. The molecule has 0 radical (unpaired) electrons. The Bertz CT molecular complexity index is 867. The molecule has 0 saturated heterocycles. The maximum absolute atomic E-state index is 6.49. The van der Waals surface area contributed by atoms with Gasteiger partial charge in [-0.2, -0.15) is 5.10 Å². The second-order valence-corrected chi connectivity index (χ2v) is 9.59. The number of anilines is 2. The van der Waals surface area contributed by atoms with Gasteiger partial charge in [-0.25, -0.2) is 4.98 Å². The minimum Gasteiger partial charge on any atom is -0.383 e. The minimum absolute atomic E-state index is 0.404. The highest BCUT2D eigenvalue weighted by Crippen LogP contribution is 2.44. The second-order valence-electron chi connectivity index (χ2n) is 9.18. The van der Waals surface area contributed by atoms with Crippen LogP contribution in [0.4, 0.5) is 11.6 Å². The van der Waals surface area contributed by atoms with E-state index in [4.69, 9.17) is 16.3 Å². The van der Waals surface area contributed by atoms with Gasteiger partial charge in [0.05, 0.1) is 17.8 Å². The first-order valence-corrected chi connectivity index (χ1v) is 11.6. The quantitative estimate of drug-likeness (QED) is 0.469. The Morgan fingerprint density at radius 3 is 2.61 bits per heavy atom. The topological polar surface area (TPSA) is 84.0 Å². The van der Waals surface area contributed by atoms with Crippen LogP contribution in [0.1, 0.15) is 45.4 Å². The molecule has 31 heavy (non-hydrogen) atoms. The molecule has 0 spiro atoms. The maximum atomic E-state index is 6.49. The number of hydrogen-bond acceptors (Lipinski definition) is 7. The predicted octanol–water partition coefficient (Wildman–Crippen LogP) is 4.36. The van der Waals surface area contributed by atoms with Crippen LogP contribution in [-0.4, -0.2) is 54.1 Å². The number of nitrogens with zero attached hydrogens (tertiary/aromatic N) is 3. The van der Waals surface area contributed by atoms with E-state index in [9.17, 15) is 0 Å². The summed E-state index contributed by atoms with van der Waals surface area (Å²) in [5, 5.41) is 19.6. The number of ether oxygens (including phenoxy) is 1. The summed E-state index contributed by atoms with van der Waals surface area (Å²) >= 11 is 6.49. The number of aromatic nitrogens is 3. The summed E-state index contributed by atoms with van der Waals surface area (Å²) in [5.74, 6) is 1.64. The van der Waals surface area contributed by atoms with Crippen LogP contribution in [0.2, 0.25) is 5.02 Å². The van der Waals surface area contributed by atoms with E-state index in [2.05, 4.69) is 38.1 Å². The highest BCUT2D eigenvalue weighted by Gasteiger charge is 2.36. The van der Waals surface area contributed by atoms with Crippen LogP contribution in [0.25, 0.3) is 11.1 Å². The third-order valence-electron chi connectivity index (χ3n) is 6.44. The zero-order valence-electron chi connectivity index (χ0n) is 18.5. The number of nitrogens with one attached hydrogen (secondary N) is 3. The number of methoxy groups -OCH3 is 1. The summed E-state index contributed by atoms with van der Waals surface area (Å²) in [4.78, 5) is 4.51. The molecule has 0 aromatic carbocycles. The molecule has 2 fully saturated rings. The van der Waals surface area contributed by atoms with Gasteiger partial charge >= 0.3 is 0 Å². The van der Waals surface area contributed by atoms with Crippen molar-refractivity contribution in [3.05, 3.63) is 29.5 Å². The van der Waals surface area contributed by atoms with Crippen molar-refractivity contribution in [3.63, 3.8) is 0 Å². The summed E-state index contributed by atoms with van der Waals surface area (Å²) in [7, 11) is 1.74. The Morgan fingerprint density at radius 2 is 1.87 bits per heavy atom. The van der Waals surface area contributed by atoms with E-state index < -0.39 is 0 Å². The van der Waals surface area contributed by atoms with Crippen molar-refractivity contribution in [1.29, 1.82) is 0 Å². The van der Waals surface area contributed by atoms with E-state index in [1.54, 1.807) is 19.5 Å². The van der Waals surface area contributed by atoms with Gasteiger partial charge in [-0.05, 0) is 56.1 Å². The summed E-state index contributed by atoms with van der Waals surface area (Å²) in [6.45, 7) is 4.89. The Morgan fingerprint density at radius 1 is 1.10 bits per heavy atom. The lowest BCUT2D eigenvalue weighted by molar-refractivity contribution is 0.191. The molecule has 0 amide bonds. The van der Waals surface area contributed by atoms with E-state index in [0.29, 0.717) is 22.5 Å². The number of hydrogen-bond donors (Lipinski definition) is 3. The molecular formula is C23H33ClN6O. The molecule has 2 aliphatic rings. The molecule has 4 rings (SSSR count). The average molecular weight is 445 g/mol. The molecule has 0 aliphatic heterocycles. The summed E-state index contributed by atoms with van der Waals surface area (Å²) < 4.78 is 5.12. The van der Waals surface area contributed by atoms with Crippen LogP contribution in [0.5, 0.6) is 0 Å². The first-order valence-electron chi connectivity index (χ1n) is 11.3. The normalized spacial score (nSPS) is 22.2. The van der Waals surface area contributed by atoms with E-state index in [1.165, 1.54) is 12.8 Å². The van der Waals surface area contributed by atoms with E-state index in [0.717, 1.165) is 68.1 Å². The molecule has 0 atom stereocenters. The van der Waals surface area contributed by atoms with E-state index in [1.807, 2.05) is 12.1 Å². The van der Waals surface area contributed by atoms with E-state index >= 15 is 0 Å². The van der Waals surface area contributed by atoms with Gasteiger partial charge in [0, 0.05) is 49.6 Å². The SMILES string of the molecule is COCCNC1CCC(Nc2cc(-c3cnnc(NCC4(C)CC4)c3)c(Cl)cn2)CC1. The van der Waals surface area contributed by atoms with E-state index in [-0.39, 0.29) is 0 Å². The largest absolute Gasteiger partial charge is 0.383 e. The van der Waals surface area contributed by atoms with Crippen molar-refractivity contribution >= 4 is 23.2 Å². The van der Waals surface area contributed by atoms with Crippen LogP contribution in [0, 0.1) is 5.41 Å². The third-order valence-corrected chi connectivity index (χ3v) is 6.74. The minimum atomic E-state index is 0.404. The number of rotatable bonds is 10. The van der Waals surface area contributed by atoms with Crippen LogP contribution >= 0.6 is 11.6 Å². The fourth-order valence-electron chi connectivity index (χ4n) is 4.05. The molecule has 2 heterocycles. The van der Waals surface area contributed by atoms with Crippen molar-refractivity contribution in [2.45, 2.75) is 57.5 Å². The number of halogens is 1. The maximum Gasteiger partial charge on any atom is 0.149 e. The molecule has 0 bridgehead atoms. The first-order chi connectivity index (χ1) is 15.0. The van der Waals surface area contributed by atoms with Gasteiger partial charge < -0.3 is 20.7 Å². The third kappa shape index (κ3) is 6.28. The zero-order chi connectivity index (χ0) is 21.7. The molecule has 2 aliphatic carbocycles. The van der Waals surface area contributed by atoms with Gasteiger partial charge in [0.1, 0.15) is 11.6 Å². The Hall–Kier alpha value is -1.96. The van der Waals surface area contributed by atoms with Gasteiger partial charge in [-0.3, -0.25) is 0 Å². The lowest BCUT2D eigenvalue weighted by Crippen LogP contribution is -2.38. The Kier molecular flexibility index (Phi) is 7.25. The molecule has 168 valence electrons. The van der Waals surface area contributed by atoms with Crippen LogP contribution in [0.15, 0.2) is 24.5 Å². The fraction of sp³-hybridized carbons (Fsp3) is 0.609. The lowest BCUT2D eigenvalue weighted by atomic mass is 9.91. The molecule has 0 unspecified atom stereocenters. The summed E-state index contributed by atoms with van der Waals surface area (Å²) in [5.41, 5.74) is 2.27. The van der Waals surface area contributed by atoms with Crippen molar-refractivity contribution in [1.82, 2.24) is 20.5 Å². The average Bonchev–Trinajstić information content (AvgIpc) is 3.53. The van der Waals surface area contributed by atoms with Crippen LogP contribution in [0.3, 0.4) is 0 Å². The smallest absolute Gasteiger partial charge is 0.149 e. The van der Waals surface area contributed by atoms with Gasteiger partial charge in [-0.1, -0.05) is 18.5 Å². The Labute approximate surface area is 189 Å². The van der Waals surface area contributed by atoms with Gasteiger partial charge in [0.25, 0.3) is 0 Å². The van der Waals surface area contributed by atoms with Gasteiger partial charge in [0.15, 0.2) is 0 Å². The highest BCUT2D eigenvalue weighted by atomic mass is 35.5. The second kappa shape index (κ2) is 10.1. The molecule has 2 aromatic rings. The van der Waals surface area contributed by atoms with Crippen molar-refractivity contribution in [3.8, 4) is 11.1 Å². The van der Waals surface area contributed by atoms with Gasteiger partial charge in [-0.15, -0.1) is 5.10 Å². The lowest BCUT2D eigenvalue weighted by Gasteiger charge is -2.30.